The van der Waals surface area contributed by atoms with Gasteiger partial charge in [-0.05, 0) is 47.7 Å². The highest BCUT2D eigenvalue weighted by atomic mass is 16.4. The number of nitrogens with two attached hydrogens (primary N) is 1. The summed E-state index contributed by atoms with van der Waals surface area (Å²) in [5, 5.41) is 8.94. The van der Waals surface area contributed by atoms with Gasteiger partial charge in [-0.2, -0.15) is 0 Å². The quantitative estimate of drug-likeness (QED) is 0.801. The van der Waals surface area contributed by atoms with Gasteiger partial charge in [-0.1, -0.05) is 18.7 Å². The summed E-state index contributed by atoms with van der Waals surface area (Å²) >= 11 is 0. The zero-order chi connectivity index (χ0) is 14.0. The number of carboxylic acid groups (broad SMARTS) is 1. The number of nitrogen functional groups attached to an aromatic ring is 1. The van der Waals surface area contributed by atoms with Gasteiger partial charge in [-0.15, -0.1) is 0 Å². The van der Waals surface area contributed by atoms with Gasteiger partial charge < -0.3 is 15.7 Å². The van der Waals surface area contributed by atoms with E-state index in [0.717, 1.165) is 34.4 Å². The number of nitrogens with zero attached hydrogens (tertiary/aromatic N) is 1. The fourth-order valence-corrected chi connectivity index (χ4v) is 2.28. The lowest BCUT2D eigenvalue weighted by Crippen LogP contribution is -2.33. The van der Waals surface area contributed by atoms with Gasteiger partial charge in [0.25, 0.3) is 0 Å². The summed E-state index contributed by atoms with van der Waals surface area (Å²) in [6.07, 6.45) is 3.61. The number of benzene rings is 1. The van der Waals surface area contributed by atoms with Crippen molar-refractivity contribution in [3.05, 3.63) is 41.5 Å². The number of rotatable bonds is 2. The van der Waals surface area contributed by atoms with Crippen molar-refractivity contribution in [1.82, 2.24) is 4.90 Å². The first-order valence-electron chi connectivity index (χ1n) is 6.22. The molecule has 1 heterocycles. The van der Waals surface area contributed by atoms with Crippen molar-refractivity contribution in [3.63, 3.8) is 0 Å². The zero-order valence-corrected chi connectivity index (χ0v) is 11.0. The molecule has 4 nitrogen and oxygen atoms in total. The predicted molar refractivity (Wildman–Crippen MR) is 77.9 cm³/mol. The molecular weight excluding hydrogens is 240 g/mol. The maximum Gasteiger partial charge on any atom is 0.407 e. The smallest absolute Gasteiger partial charge is 0.407 e. The lowest BCUT2D eigenvalue weighted by molar-refractivity contribution is 0.150. The Labute approximate surface area is 112 Å². The number of anilines is 1. The molecule has 0 atom stereocenters. The maximum absolute atomic E-state index is 10.9. The SMILES string of the molecule is C=Cc1cc(N)c(C)cc1C1=CCN(C(=O)O)CC1. The molecule has 0 aliphatic carbocycles. The number of amides is 1. The van der Waals surface area contributed by atoms with E-state index in [1.807, 2.05) is 19.1 Å². The Bertz CT molecular complexity index is 562. The lowest BCUT2D eigenvalue weighted by Gasteiger charge is -2.25. The molecule has 100 valence electrons. The molecular formula is C15H18N2O2. The molecule has 0 aromatic heterocycles. The van der Waals surface area contributed by atoms with Crippen LogP contribution < -0.4 is 5.73 Å². The largest absolute Gasteiger partial charge is 0.465 e. The Morgan fingerprint density at radius 1 is 1.53 bits per heavy atom. The summed E-state index contributed by atoms with van der Waals surface area (Å²) in [7, 11) is 0. The molecule has 0 fully saturated rings. The minimum absolute atomic E-state index is 0.435. The monoisotopic (exact) mass is 258 g/mol. The van der Waals surface area contributed by atoms with Crippen molar-refractivity contribution in [2.45, 2.75) is 13.3 Å². The van der Waals surface area contributed by atoms with Crippen molar-refractivity contribution in [3.8, 4) is 0 Å². The van der Waals surface area contributed by atoms with E-state index >= 15 is 0 Å². The molecule has 1 aliphatic rings. The van der Waals surface area contributed by atoms with Gasteiger partial charge in [-0.25, -0.2) is 4.79 Å². The molecule has 3 N–H and O–H groups in total. The van der Waals surface area contributed by atoms with Crippen LogP contribution >= 0.6 is 0 Å². The van der Waals surface area contributed by atoms with E-state index in [4.69, 9.17) is 10.8 Å². The normalized spacial score (nSPS) is 15.0. The van der Waals surface area contributed by atoms with Crippen molar-refractivity contribution in [2.24, 2.45) is 0 Å². The van der Waals surface area contributed by atoms with Gasteiger partial charge in [0.1, 0.15) is 0 Å². The van der Waals surface area contributed by atoms with Crippen LogP contribution in [0.2, 0.25) is 0 Å². The molecule has 0 saturated carbocycles. The molecule has 19 heavy (non-hydrogen) atoms. The topological polar surface area (TPSA) is 66.6 Å². The van der Waals surface area contributed by atoms with E-state index in [1.165, 1.54) is 4.90 Å². The molecule has 1 aromatic rings. The van der Waals surface area contributed by atoms with Crippen LogP contribution in [0.15, 0.2) is 24.8 Å². The Kier molecular flexibility index (Phi) is 3.60. The van der Waals surface area contributed by atoms with Gasteiger partial charge in [0, 0.05) is 18.8 Å². The Balaban J connectivity index is 2.35. The van der Waals surface area contributed by atoms with Crippen molar-refractivity contribution in [2.75, 3.05) is 18.8 Å². The van der Waals surface area contributed by atoms with Crippen LogP contribution in [0.1, 0.15) is 23.1 Å². The van der Waals surface area contributed by atoms with Crippen molar-refractivity contribution < 1.29 is 9.90 Å². The van der Waals surface area contributed by atoms with Crippen LogP contribution in [-0.4, -0.2) is 29.2 Å². The summed E-state index contributed by atoms with van der Waals surface area (Å²) in [6, 6.07) is 3.97. The minimum atomic E-state index is -0.868. The fraction of sp³-hybridized carbons (Fsp3) is 0.267. The standard InChI is InChI=1S/C15H18N2O2/c1-3-11-9-14(16)10(2)8-13(11)12-4-6-17(7-5-12)15(18)19/h3-4,8-9H,1,5-7,16H2,2H3,(H,18,19). The van der Waals surface area contributed by atoms with Gasteiger partial charge in [0.2, 0.25) is 0 Å². The third kappa shape index (κ3) is 2.62. The molecule has 0 radical (unpaired) electrons. The Morgan fingerprint density at radius 2 is 2.26 bits per heavy atom. The molecule has 0 unspecified atom stereocenters. The summed E-state index contributed by atoms with van der Waals surface area (Å²) in [5.41, 5.74) is 10.9. The van der Waals surface area contributed by atoms with E-state index in [2.05, 4.69) is 12.6 Å². The third-order valence-electron chi connectivity index (χ3n) is 3.48. The summed E-state index contributed by atoms with van der Waals surface area (Å²) in [5.74, 6) is 0. The minimum Gasteiger partial charge on any atom is -0.465 e. The zero-order valence-electron chi connectivity index (χ0n) is 11.0. The van der Waals surface area contributed by atoms with Crippen LogP contribution in [0.3, 0.4) is 0 Å². The fourth-order valence-electron chi connectivity index (χ4n) is 2.28. The second-order valence-electron chi connectivity index (χ2n) is 4.71. The van der Waals surface area contributed by atoms with Crippen molar-refractivity contribution >= 4 is 23.4 Å². The van der Waals surface area contributed by atoms with E-state index in [1.54, 1.807) is 6.08 Å². The number of hydrogen-bond donors (Lipinski definition) is 2. The molecule has 4 heteroatoms. The lowest BCUT2D eigenvalue weighted by atomic mass is 9.92. The molecule has 2 rings (SSSR count). The highest BCUT2D eigenvalue weighted by molar-refractivity contribution is 5.78. The first-order chi connectivity index (χ1) is 9.02. The molecule has 0 bridgehead atoms. The average Bonchev–Trinajstić information content (AvgIpc) is 2.41. The summed E-state index contributed by atoms with van der Waals surface area (Å²) in [4.78, 5) is 12.3. The second-order valence-corrected chi connectivity index (χ2v) is 4.71. The molecule has 0 saturated heterocycles. The van der Waals surface area contributed by atoms with Crippen LogP contribution in [-0.2, 0) is 0 Å². The third-order valence-corrected chi connectivity index (χ3v) is 3.48. The Morgan fingerprint density at radius 3 is 2.79 bits per heavy atom. The maximum atomic E-state index is 10.9. The first-order valence-corrected chi connectivity index (χ1v) is 6.22. The van der Waals surface area contributed by atoms with Crippen LogP contribution in [0, 0.1) is 6.92 Å². The number of hydrogen-bond acceptors (Lipinski definition) is 2. The Hall–Kier alpha value is -2.23. The van der Waals surface area contributed by atoms with Crippen LogP contribution in [0.25, 0.3) is 11.6 Å². The van der Waals surface area contributed by atoms with Gasteiger partial charge in [0.15, 0.2) is 0 Å². The van der Waals surface area contributed by atoms with Gasteiger partial charge >= 0.3 is 6.09 Å². The average molecular weight is 258 g/mol. The van der Waals surface area contributed by atoms with E-state index in [-0.39, 0.29) is 0 Å². The van der Waals surface area contributed by atoms with Crippen LogP contribution in [0.5, 0.6) is 0 Å². The molecule has 1 amide bonds. The molecule has 1 aromatic carbocycles. The second kappa shape index (κ2) is 5.18. The summed E-state index contributed by atoms with van der Waals surface area (Å²) in [6.45, 7) is 6.75. The molecule has 1 aliphatic heterocycles. The highest BCUT2D eigenvalue weighted by Gasteiger charge is 2.18. The highest BCUT2D eigenvalue weighted by Crippen LogP contribution is 2.29. The number of carbonyl (C=O) groups is 1. The summed E-state index contributed by atoms with van der Waals surface area (Å²) < 4.78 is 0. The van der Waals surface area contributed by atoms with E-state index < -0.39 is 6.09 Å². The van der Waals surface area contributed by atoms with Crippen molar-refractivity contribution in [1.29, 1.82) is 0 Å². The predicted octanol–water partition coefficient (Wildman–Crippen LogP) is 2.99. The van der Waals surface area contributed by atoms with E-state index in [9.17, 15) is 4.79 Å². The van der Waals surface area contributed by atoms with Gasteiger partial charge in [0.05, 0.1) is 0 Å². The van der Waals surface area contributed by atoms with Crippen LogP contribution in [0.4, 0.5) is 10.5 Å². The van der Waals surface area contributed by atoms with Gasteiger partial charge in [-0.3, -0.25) is 0 Å². The molecule has 0 spiro atoms. The first kappa shape index (κ1) is 13.2. The number of aryl methyl sites for hydroxylation is 1. The van der Waals surface area contributed by atoms with E-state index in [0.29, 0.717) is 13.1 Å².